The Morgan fingerprint density at radius 1 is 0.389 bits per heavy atom. The molecule has 0 radical (unpaired) electrons. The second kappa shape index (κ2) is 7.27. The fraction of sp³-hybridized carbons (Fsp3) is 0. The number of rotatable bonds is 2. The topological polar surface area (TPSA) is 52.1 Å². The molecule has 0 bridgehead atoms. The Balaban J connectivity index is 1.38. The second-order valence-corrected chi connectivity index (χ2v) is 9.14. The quantitative estimate of drug-likeness (QED) is 0.241. The number of fused-ring (bicyclic) bond motifs is 8. The summed E-state index contributed by atoms with van der Waals surface area (Å²) in [5.74, 6) is 0. The summed E-state index contributed by atoms with van der Waals surface area (Å²) in [6.45, 7) is 0. The van der Waals surface area contributed by atoms with Gasteiger partial charge in [-0.3, -0.25) is 0 Å². The number of benzene rings is 6. The molecule has 0 saturated heterocycles. The Hall–Kier alpha value is -4.96. The van der Waals surface area contributed by atoms with Crippen LogP contribution in [-0.4, -0.2) is 9.97 Å². The van der Waals surface area contributed by atoms with Crippen molar-refractivity contribution in [2.75, 3.05) is 0 Å². The van der Waals surface area contributed by atoms with Crippen LogP contribution in [0.1, 0.15) is 0 Å². The zero-order chi connectivity index (χ0) is 23.6. The lowest BCUT2D eigenvalue weighted by Crippen LogP contribution is -1.86. The summed E-state index contributed by atoms with van der Waals surface area (Å²) in [7, 11) is 0. The number of hydrogen-bond acceptors (Lipinski definition) is 4. The van der Waals surface area contributed by atoms with Gasteiger partial charge in [-0.15, -0.1) is 0 Å². The first-order valence-corrected chi connectivity index (χ1v) is 11.9. The lowest BCUT2D eigenvalue weighted by molar-refractivity contribution is 0.602. The Bertz CT molecular complexity index is 1940. The van der Waals surface area contributed by atoms with Gasteiger partial charge in [0.05, 0.1) is 0 Å². The average molecular weight is 463 g/mol. The SMILES string of the molecule is c1ccc2c(c1)c1cc(-c3ccc4ocnc4c3)ccc1c1ccc(-c3ccc4ncoc4c3)cc21. The number of nitrogens with zero attached hydrogens (tertiary/aromatic N) is 2. The van der Waals surface area contributed by atoms with Gasteiger partial charge in [-0.05, 0) is 91.0 Å². The highest BCUT2D eigenvalue weighted by Gasteiger charge is 2.12. The van der Waals surface area contributed by atoms with Gasteiger partial charge in [0, 0.05) is 0 Å². The molecule has 0 fully saturated rings. The first-order valence-electron chi connectivity index (χ1n) is 11.9. The van der Waals surface area contributed by atoms with Gasteiger partial charge in [-0.1, -0.05) is 60.7 Å². The van der Waals surface area contributed by atoms with E-state index in [2.05, 4.69) is 94.9 Å². The molecule has 4 heteroatoms. The third-order valence-electron chi connectivity index (χ3n) is 7.17. The highest BCUT2D eigenvalue weighted by Crippen LogP contribution is 2.39. The minimum Gasteiger partial charge on any atom is -0.443 e. The van der Waals surface area contributed by atoms with E-state index in [9.17, 15) is 0 Å². The fourth-order valence-electron chi connectivity index (χ4n) is 5.39. The van der Waals surface area contributed by atoms with Crippen molar-refractivity contribution in [3.63, 3.8) is 0 Å². The summed E-state index contributed by atoms with van der Waals surface area (Å²) in [5, 5.41) is 7.45. The summed E-state index contributed by atoms with van der Waals surface area (Å²) in [4.78, 5) is 8.57. The first kappa shape index (κ1) is 19.4. The molecule has 2 aromatic heterocycles. The van der Waals surface area contributed by atoms with Gasteiger partial charge in [0.1, 0.15) is 11.0 Å². The van der Waals surface area contributed by atoms with Crippen LogP contribution < -0.4 is 0 Å². The third kappa shape index (κ3) is 2.82. The van der Waals surface area contributed by atoms with E-state index in [1.165, 1.54) is 45.1 Å². The van der Waals surface area contributed by atoms with Gasteiger partial charge < -0.3 is 8.83 Å². The third-order valence-corrected chi connectivity index (χ3v) is 7.17. The van der Waals surface area contributed by atoms with Crippen LogP contribution in [0.5, 0.6) is 0 Å². The van der Waals surface area contributed by atoms with Crippen LogP contribution in [0.2, 0.25) is 0 Å². The van der Waals surface area contributed by atoms with Crippen LogP contribution in [0.25, 0.3) is 76.8 Å². The molecule has 2 heterocycles. The van der Waals surface area contributed by atoms with Crippen LogP contribution >= 0.6 is 0 Å². The molecule has 8 aromatic rings. The van der Waals surface area contributed by atoms with Crippen molar-refractivity contribution in [1.29, 1.82) is 0 Å². The van der Waals surface area contributed by atoms with Crippen LogP contribution in [-0.2, 0) is 0 Å². The molecule has 0 atom stereocenters. The highest BCUT2D eigenvalue weighted by molar-refractivity contribution is 6.26. The smallest absolute Gasteiger partial charge is 0.181 e. The zero-order valence-electron chi connectivity index (χ0n) is 19.1. The summed E-state index contributed by atoms with van der Waals surface area (Å²) < 4.78 is 11.0. The number of aromatic nitrogens is 2. The molecule has 0 unspecified atom stereocenters. The van der Waals surface area contributed by atoms with Gasteiger partial charge in [-0.25, -0.2) is 9.97 Å². The fourth-order valence-corrected chi connectivity index (χ4v) is 5.39. The molecule has 168 valence electrons. The number of oxazole rings is 2. The predicted octanol–water partition coefficient (Wildman–Crippen LogP) is 8.76. The molecule has 6 aromatic carbocycles. The Morgan fingerprint density at radius 2 is 0.917 bits per heavy atom. The lowest BCUT2D eigenvalue weighted by atomic mass is 9.90. The summed E-state index contributed by atoms with van der Waals surface area (Å²) in [5.41, 5.74) is 7.89. The van der Waals surface area contributed by atoms with E-state index >= 15 is 0 Å². The molecule has 0 aliphatic carbocycles. The van der Waals surface area contributed by atoms with Crippen molar-refractivity contribution in [2.24, 2.45) is 0 Å². The first-order chi connectivity index (χ1) is 17.8. The minimum atomic E-state index is 0.798. The van der Waals surface area contributed by atoms with Crippen LogP contribution in [0, 0.1) is 0 Å². The highest BCUT2D eigenvalue weighted by atomic mass is 16.3. The van der Waals surface area contributed by atoms with Crippen molar-refractivity contribution in [3.8, 4) is 22.3 Å². The van der Waals surface area contributed by atoms with Gasteiger partial charge in [-0.2, -0.15) is 0 Å². The van der Waals surface area contributed by atoms with Gasteiger partial charge in [0.25, 0.3) is 0 Å². The lowest BCUT2D eigenvalue weighted by Gasteiger charge is -2.13. The van der Waals surface area contributed by atoms with Crippen molar-refractivity contribution in [3.05, 3.63) is 110 Å². The molecule has 0 saturated carbocycles. The largest absolute Gasteiger partial charge is 0.443 e. The Labute approximate surface area is 205 Å². The maximum Gasteiger partial charge on any atom is 0.181 e. The summed E-state index contributed by atoms with van der Waals surface area (Å²) in [6.07, 6.45) is 2.98. The standard InChI is InChI=1S/C32H18N2O2/c1-2-4-24-23(3-1)27-13-19(21-8-12-31-30(15-21)34-18-35-31)5-9-25(27)26-10-6-20(14-28(24)26)22-7-11-29-32(16-22)36-17-33-29/h1-18H. The van der Waals surface area contributed by atoms with Crippen molar-refractivity contribution in [1.82, 2.24) is 9.97 Å². The van der Waals surface area contributed by atoms with E-state index < -0.39 is 0 Å². The molecule has 0 spiro atoms. The van der Waals surface area contributed by atoms with Gasteiger partial charge in [0.2, 0.25) is 0 Å². The average Bonchev–Trinajstić information content (AvgIpc) is 3.61. The summed E-state index contributed by atoms with van der Waals surface area (Å²) in [6, 6.07) is 34.5. The number of hydrogen-bond donors (Lipinski definition) is 0. The van der Waals surface area contributed by atoms with Crippen LogP contribution in [0.3, 0.4) is 0 Å². The normalized spacial score (nSPS) is 11.9. The van der Waals surface area contributed by atoms with Crippen LogP contribution in [0.15, 0.2) is 119 Å². The van der Waals surface area contributed by atoms with Crippen molar-refractivity contribution >= 4 is 54.5 Å². The Morgan fingerprint density at radius 3 is 1.64 bits per heavy atom. The van der Waals surface area contributed by atoms with E-state index in [1.54, 1.807) is 0 Å². The molecule has 0 aliphatic rings. The molecule has 0 aliphatic heterocycles. The molecule has 8 rings (SSSR count). The maximum absolute atomic E-state index is 5.54. The van der Waals surface area contributed by atoms with E-state index in [4.69, 9.17) is 8.83 Å². The van der Waals surface area contributed by atoms with E-state index in [-0.39, 0.29) is 0 Å². The molecule has 4 nitrogen and oxygen atoms in total. The predicted molar refractivity (Wildman–Crippen MR) is 145 cm³/mol. The van der Waals surface area contributed by atoms with E-state index in [0.717, 1.165) is 44.5 Å². The van der Waals surface area contributed by atoms with E-state index in [1.807, 2.05) is 12.1 Å². The zero-order valence-corrected chi connectivity index (χ0v) is 19.1. The maximum atomic E-state index is 5.54. The van der Waals surface area contributed by atoms with Gasteiger partial charge >= 0.3 is 0 Å². The molecule has 0 N–H and O–H groups in total. The molecular weight excluding hydrogens is 444 g/mol. The van der Waals surface area contributed by atoms with Crippen molar-refractivity contribution < 1.29 is 8.83 Å². The molecule has 36 heavy (non-hydrogen) atoms. The second-order valence-electron chi connectivity index (χ2n) is 9.14. The summed E-state index contributed by atoms with van der Waals surface area (Å²) >= 11 is 0. The van der Waals surface area contributed by atoms with Crippen LogP contribution in [0.4, 0.5) is 0 Å². The minimum absolute atomic E-state index is 0.798. The Kier molecular flexibility index (Phi) is 3.91. The van der Waals surface area contributed by atoms with Gasteiger partial charge in [0.15, 0.2) is 24.0 Å². The van der Waals surface area contributed by atoms with E-state index in [0.29, 0.717) is 0 Å². The monoisotopic (exact) mass is 462 g/mol. The van der Waals surface area contributed by atoms with Crippen molar-refractivity contribution in [2.45, 2.75) is 0 Å². The molecular formula is C32H18N2O2. The molecule has 0 amide bonds.